The summed E-state index contributed by atoms with van der Waals surface area (Å²) < 4.78 is 5.76. The fraction of sp³-hybridized carbons (Fsp3) is 1.00. The van der Waals surface area contributed by atoms with E-state index in [1.165, 1.54) is 12.8 Å². The Balaban J connectivity index is 2.16. The van der Waals surface area contributed by atoms with Gasteiger partial charge in [0, 0.05) is 17.9 Å². The molecule has 1 saturated heterocycles. The van der Waals surface area contributed by atoms with Gasteiger partial charge in [0.25, 0.3) is 0 Å². The van der Waals surface area contributed by atoms with Gasteiger partial charge in [-0.05, 0) is 26.8 Å². The first-order chi connectivity index (χ1) is 6.08. The van der Waals surface area contributed by atoms with Crippen LogP contribution in [0, 0.1) is 0 Å². The molecule has 0 N–H and O–H groups in total. The number of ether oxygens (including phenoxy) is 1. The quantitative estimate of drug-likeness (QED) is 0.710. The van der Waals surface area contributed by atoms with Crippen molar-refractivity contribution in [2.24, 2.45) is 0 Å². The Morgan fingerprint density at radius 3 is 2.69 bits per heavy atom. The summed E-state index contributed by atoms with van der Waals surface area (Å²) in [6.07, 6.45) is 3.39. The Hall–Kier alpha value is 0.400. The third kappa shape index (κ3) is 4.43. The van der Waals surface area contributed by atoms with Gasteiger partial charge in [0.05, 0.1) is 12.2 Å². The third-order valence-corrected chi connectivity index (χ3v) is 2.69. The molecule has 2 nitrogen and oxygen atoms in total. The zero-order valence-corrected chi connectivity index (χ0v) is 10.4. The lowest BCUT2D eigenvalue weighted by Gasteiger charge is -2.21. The van der Waals surface area contributed by atoms with Gasteiger partial charge in [-0.15, -0.1) is 0 Å². The molecular formula is C10H20BrNO. The molecule has 13 heavy (non-hydrogen) atoms. The van der Waals surface area contributed by atoms with Gasteiger partial charge in [0.2, 0.25) is 0 Å². The van der Waals surface area contributed by atoms with Crippen LogP contribution in [0.3, 0.4) is 0 Å². The second-order valence-electron chi connectivity index (χ2n) is 4.15. The van der Waals surface area contributed by atoms with E-state index >= 15 is 0 Å². The second-order valence-corrected chi connectivity index (χ2v) is 5.71. The molecular weight excluding hydrogens is 230 g/mol. The van der Waals surface area contributed by atoms with Gasteiger partial charge in [-0.1, -0.05) is 22.9 Å². The zero-order valence-electron chi connectivity index (χ0n) is 8.79. The van der Waals surface area contributed by atoms with Gasteiger partial charge in [0.15, 0.2) is 0 Å². The van der Waals surface area contributed by atoms with Crippen molar-refractivity contribution in [2.75, 3.05) is 20.1 Å². The fourth-order valence-corrected chi connectivity index (χ4v) is 2.37. The molecule has 1 aliphatic heterocycles. The minimum atomic E-state index is 0.464. The highest BCUT2D eigenvalue weighted by atomic mass is 79.9. The number of nitrogens with zero attached hydrogens (tertiary/aromatic N) is 1. The van der Waals surface area contributed by atoms with E-state index in [4.69, 9.17) is 4.74 Å². The number of likely N-dealkylation sites (N-methyl/N-ethyl adjacent to an activating group) is 1. The average molecular weight is 250 g/mol. The largest absolute Gasteiger partial charge is 0.374 e. The van der Waals surface area contributed by atoms with Crippen molar-refractivity contribution in [1.82, 2.24) is 4.90 Å². The second kappa shape index (κ2) is 5.32. The summed E-state index contributed by atoms with van der Waals surface area (Å²) in [5.74, 6) is 0. The number of hydrogen-bond donors (Lipinski definition) is 0. The fourth-order valence-electron chi connectivity index (χ4n) is 1.87. The summed E-state index contributed by atoms with van der Waals surface area (Å²) in [6.45, 7) is 6.50. The SMILES string of the molecule is CC(Br)CN(C)CC1CCC(C)O1. The minimum absolute atomic E-state index is 0.464. The third-order valence-electron chi connectivity index (χ3n) is 2.40. The van der Waals surface area contributed by atoms with Crippen LogP contribution in [0.25, 0.3) is 0 Å². The Kier molecular flexibility index (Phi) is 4.70. The van der Waals surface area contributed by atoms with Crippen LogP contribution < -0.4 is 0 Å². The molecule has 0 bridgehead atoms. The van der Waals surface area contributed by atoms with Gasteiger partial charge in [-0.25, -0.2) is 0 Å². The Labute approximate surface area is 89.8 Å². The van der Waals surface area contributed by atoms with Crippen molar-refractivity contribution in [3.63, 3.8) is 0 Å². The summed E-state index contributed by atoms with van der Waals surface area (Å²) >= 11 is 3.55. The van der Waals surface area contributed by atoms with Crippen molar-refractivity contribution in [2.45, 2.75) is 43.7 Å². The van der Waals surface area contributed by atoms with Crippen LogP contribution >= 0.6 is 15.9 Å². The Morgan fingerprint density at radius 1 is 1.54 bits per heavy atom. The monoisotopic (exact) mass is 249 g/mol. The molecule has 0 aromatic rings. The van der Waals surface area contributed by atoms with Gasteiger partial charge >= 0.3 is 0 Å². The van der Waals surface area contributed by atoms with Crippen molar-refractivity contribution < 1.29 is 4.74 Å². The smallest absolute Gasteiger partial charge is 0.0706 e. The first kappa shape index (κ1) is 11.5. The van der Waals surface area contributed by atoms with Gasteiger partial charge in [-0.2, -0.15) is 0 Å². The van der Waals surface area contributed by atoms with Gasteiger partial charge < -0.3 is 9.64 Å². The molecule has 1 heterocycles. The molecule has 0 aromatic heterocycles. The van der Waals surface area contributed by atoms with E-state index in [0.29, 0.717) is 17.0 Å². The van der Waals surface area contributed by atoms with Gasteiger partial charge in [-0.3, -0.25) is 0 Å². The molecule has 1 rings (SSSR count). The summed E-state index contributed by atoms with van der Waals surface area (Å²) in [4.78, 5) is 2.90. The molecule has 0 radical (unpaired) electrons. The molecule has 3 unspecified atom stereocenters. The van der Waals surface area contributed by atoms with Crippen LogP contribution in [0.1, 0.15) is 26.7 Å². The lowest BCUT2D eigenvalue weighted by Crippen LogP contribution is -2.32. The van der Waals surface area contributed by atoms with Crippen LogP contribution in [-0.2, 0) is 4.74 Å². The molecule has 0 aliphatic carbocycles. The summed E-state index contributed by atoms with van der Waals surface area (Å²) in [7, 11) is 2.16. The average Bonchev–Trinajstić information content (AvgIpc) is 2.33. The van der Waals surface area contributed by atoms with Crippen molar-refractivity contribution >= 4 is 15.9 Å². The molecule has 3 heteroatoms. The highest BCUT2D eigenvalue weighted by molar-refractivity contribution is 9.09. The molecule has 0 aromatic carbocycles. The summed E-state index contributed by atoms with van der Waals surface area (Å²) in [5.41, 5.74) is 0. The molecule has 1 aliphatic rings. The van der Waals surface area contributed by atoms with E-state index in [1.54, 1.807) is 0 Å². The van der Waals surface area contributed by atoms with Crippen molar-refractivity contribution in [3.05, 3.63) is 0 Å². The maximum Gasteiger partial charge on any atom is 0.0706 e. The lowest BCUT2D eigenvalue weighted by molar-refractivity contribution is 0.0368. The number of alkyl halides is 1. The van der Waals surface area contributed by atoms with E-state index < -0.39 is 0 Å². The molecule has 78 valence electrons. The highest BCUT2D eigenvalue weighted by Crippen LogP contribution is 2.19. The maximum absolute atomic E-state index is 5.76. The first-order valence-electron chi connectivity index (χ1n) is 5.06. The highest BCUT2D eigenvalue weighted by Gasteiger charge is 2.22. The summed E-state index contributed by atoms with van der Waals surface area (Å²) in [6, 6.07) is 0. The van der Waals surface area contributed by atoms with Crippen LogP contribution in [0.2, 0.25) is 0 Å². The van der Waals surface area contributed by atoms with Gasteiger partial charge in [0.1, 0.15) is 0 Å². The van der Waals surface area contributed by atoms with E-state index in [9.17, 15) is 0 Å². The van der Waals surface area contributed by atoms with Crippen LogP contribution in [0.4, 0.5) is 0 Å². The number of rotatable bonds is 4. The van der Waals surface area contributed by atoms with E-state index in [0.717, 1.165) is 13.1 Å². The summed E-state index contributed by atoms with van der Waals surface area (Å²) in [5, 5.41) is 0. The first-order valence-corrected chi connectivity index (χ1v) is 5.97. The molecule has 1 fully saturated rings. The van der Waals surface area contributed by atoms with Crippen molar-refractivity contribution in [1.29, 1.82) is 0 Å². The Morgan fingerprint density at radius 2 is 2.23 bits per heavy atom. The zero-order chi connectivity index (χ0) is 9.84. The van der Waals surface area contributed by atoms with Crippen LogP contribution in [0.5, 0.6) is 0 Å². The Bertz CT molecular complexity index is 152. The number of halogens is 1. The van der Waals surface area contributed by atoms with E-state index in [1.807, 2.05) is 0 Å². The van der Waals surface area contributed by atoms with E-state index in [-0.39, 0.29) is 0 Å². The number of hydrogen-bond acceptors (Lipinski definition) is 2. The van der Waals surface area contributed by atoms with Crippen molar-refractivity contribution in [3.8, 4) is 0 Å². The van der Waals surface area contributed by atoms with E-state index in [2.05, 4.69) is 41.7 Å². The standard InChI is InChI=1S/C10H20BrNO/c1-8(11)6-12(3)7-10-5-4-9(2)13-10/h8-10H,4-7H2,1-3H3. The topological polar surface area (TPSA) is 12.5 Å². The van der Waals surface area contributed by atoms with Crippen LogP contribution in [0.15, 0.2) is 0 Å². The van der Waals surface area contributed by atoms with Crippen LogP contribution in [-0.4, -0.2) is 42.1 Å². The lowest BCUT2D eigenvalue weighted by atomic mass is 10.2. The normalized spacial score (nSPS) is 31.2. The minimum Gasteiger partial charge on any atom is -0.374 e. The predicted octanol–water partition coefficient (Wildman–Crippen LogP) is 2.27. The molecule has 0 amide bonds. The molecule has 3 atom stereocenters. The maximum atomic E-state index is 5.76. The predicted molar refractivity (Wildman–Crippen MR) is 59.5 cm³/mol. The molecule has 0 saturated carbocycles. The molecule has 0 spiro atoms.